The zero-order chi connectivity index (χ0) is 17.1. The summed E-state index contributed by atoms with van der Waals surface area (Å²) < 4.78 is 5.45. The quantitative estimate of drug-likeness (QED) is 0.722. The highest BCUT2D eigenvalue weighted by atomic mass is 32.2. The molecule has 1 saturated heterocycles. The summed E-state index contributed by atoms with van der Waals surface area (Å²) in [5, 5.41) is 4.06. The fourth-order valence-electron chi connectivity index (χ4n) is 2.83. The highest BCUT2D eigenvalue weighted by molar-refractivity contribution is 7.99. The third-order valence-corrected chi connectivity index (χ3v) is 5.09. The van der Waals surface area contributed by atoms with Crippen molar-refractivity contribution in [2.75, 3.05) is 24.6 Å². The predicted octanol–water partition coefficient (Wildman–Crippen LogP) is 3.59. The van der Waals surface area contributed by atoms with Crippen molar-refractivity contribution in [3.63, 3.8) is 0 Å². The van der Waals surface area contributed by atoms with E-state index in [4.69, 9.17) is 4.52 Å². The molecule has 1 amide bonds. The molecule has 0 bridgehead atoms. The molecule has 6 heteroatoms. The van der Waals surface area contributed by atoms with Crippen LogP contribution in [-0.2, 0) is 0 Å². The van der Waals surface area contributed by atoms with Crippen molar-refractivity contribution >= 4 is 17.7 Å². The Labute approximate surface area is 150 Å². The van der Waals surface area contributed by atoms with E-state index in [0.717, 1.165) is 30.2 Å². The van der Waals surface area contributed by atoms with E-state index < -0.39 is 0 Å². The molecule has 3 aromatic rings. The molecule has 1 aromatic heterocycles. The number of rotatable bonds is 3. The SMILES string of the molecule is O=C(c1ccccc1-c1nc(-c2ccccc2)no1)N1CCSCC1. The number of nitrogens with zero attached hydrogens (tertiary/aromatic N) is 3. The summed E-state index contributed by atoms with van der Waals surface area (Å²) in [5.74, 6) is 2.87. The minimum absolute atomic E-state index is 0.0235. The number of hydrogen-bond donors (Lipinski definition) is 0. The van der Waals surface area contributed by atoms with Crippen molar-refractivity contribution in [3.05, 3.63) is 60.2 Å². The van der Waals surface area contributed by atoms with Crippen molar-refractivity contribution < 1.29 is 9.32 Å². The fraction of sp³-hybridized carbons (Fsp3) is 0.211. The van der Waals surface area contributed by atoms with Crippen molar-refractivity contribution in [1.29, 1.82) is 0 Å². The van der Waals surface area contributed by atoms with Crippen LogP contribution in [-0.4, -0.2) is 45.5 Å². The van der Waals surface area contributed by atoms with Crippen LogP contribution < -0.4 is 0 Å². The molecular weight excluding hydrogens is 334 g/mol. The van der Waals surface area contributed by atoms with Crippen LogP contribution >= 0.6 is 11.8 Å². The van der Waals surface area contributed by atoms with Crippen molar-refractivity contribution in [2.45, 2.75) is 0 Å². The van der Waals surface area contributed by atoms with Crippen LogP contribution in [0.1, 0.15) is 10.4 Å². The summed E-state index contributed by atoms with van der Waals surface area (Å²) >= 11 is 1.88. The topological polar surface area (TPSA) is 59.2 Å². The number of aromatic nitrogens is 2. The molecule has 0 aliphatic carbocycles. The number of carbonyl (C=O) groups excluding carboxylic acids is 1. The minimum Gasteiger partial charge on any atom is -0.337 e. The van der Waals surface area contributed by atoms with E-state index >= 15 is 0 Å². The van der Waals surface area contributed by atoms with Crippen LogP contribution in [0.3, 0.4) is 0 Å². The molecule has 0 saturated carbocycles. The van der Waals surface area contributed by atoms with Crippen LogP contribution in [0.2, 0.25) is 0 Å². The first kappa shape index (κ1) is 15.9. The Morgan fingerprint density at radius 1 is 1.00 bits per heavy atom. The van der Waals surface area contributed by atoms with Gasteiger partial charge in [0.2, 0.25) is 5.82 Å². The molecule has 25 heavy (non-hydrogen) atoms. The summed E-state index contributed by atoms with van der Waals surface area (Å²) in [6.07, 6.45) is 0. The molecule has 5 nitrogen and oxygen atoms in total. The van der Waals surface area contributed by atoms with Gasteiger partial charge < -0.3 is 9.42 Å². The van der Waals surface area contributed by atoms with Gasteiger partial charge in [-0.25, -0.2) is 0 Å². The lowest BCUT2D eigenvalue weighted by Gasteiger charge is -2.26. The molecule has 1 fully saturated rings. The van der Waals surface area contributed by atoms with Gasteiger partial charge in [0, 0.05) is 30.2 Å². The van der Waals surface area contributed by atoms with E-state index in [1.807, 2.05) is 71.3 Å². The van der Waals surface area contributed by atoms with Crippen molar-refractivity contribution in [2.24, 2.45) is 0 Å². The van der Waals surface area contributed by atoms with E-state index in [1.54, 1.807) is 0 Å². The number of carbonyl (C=O) groups is 1. The van der Waals surface area contributed by atoms with E-state index in [1.165, 1.54) is 0 Å². The first-order chi connectivity index (χ1) is 12.3. The number of hydrogen-bond acceptors (Lipinski definition) is 5. The molecular formula is C19H17N3O2S. The van der Waals surface area contributed by atoms with Gasteiger partial charge >= 0.3 is 0 Å². The molecule has 126 valence electrons. The second kappa shape index (κ2) is 7.11. The lowest BCUT2D eigenvalue weighted by molar-refractivity contribution is 0.0773. The van der Waals surface area contributed by atoms with Crippen LogP contribution in [0.25, 0.3) is 22.8 Å². The predicted molar refractivity (Wildman–Crippen MR) is 98.4 cm³/mol. The standard InChI is InChI=1S/C19H17N3O2S/c23-19(22-10-12-25-13-11-22)16-9-5-4-8-15(16)18-20-17(21-24-18)14-6-2-1-3-7-14/h1-9H,10-13H2. The molecule has 1 aliphatic rings. The second-order valence-electron chi connectivity index (χ2n) is 5.74. The lowest BCUT2D eigenvalue weighted by Crippen LogP contribution is -2.38. The van der Waals surface area contributed by atoms with Crippen LogP contribution in [0.5, 0.6) is 0 Å². The van der Waals surface area contributed by atoms with Gasteiger partial charge in [-0.2, -0.15) is 16.7 Å². The average molecular weight is 351 g/mol. The fourth-order valence-corrected chi connectivity index (χ4v) is 3.73. The zero-order valence-electron chi connectivity index (χ0n) is 13.6. The normalized spacial score (nSPS) is 14.5. The molecule has 0 unspecified atom stereocenters. The zero-order valence-corrected chi connectivity index (χ0v) is 14.4. The summed E-state index contributed by atoms with van der Waals surface area (Å²) in [4.78, 5) is 19.3. The maximum absolute atomic E-state index is 12.9. The van der Waals surface area contributed by atoms with Gasteiger partial charge in [0.25, 0.3) is 11.8 Å². The molecule has 0 radical (unpaired) electrons. The van der Waals surface area contributed by atoms with E-state index in [2.05, 4.69) is 10.1 Å². The molecule has 0 N–H and O–H groups in total. The van der Waals surface area contributed by atoms with Gasteiger partial charge in [0.1, 0.15) is 0 Å². The largest absolute Gasteiger partial charge is 0.337 e. The van der Waals surface area contributed by atoms with Crippen molar-refractivity contribution in [3.8, 4) is 22.8 Å². The van der Waals surface area contributed by atoms with Crippen LogP contribution in [0, 0.1) is 0 Å². The first-order valence-electron chi connectivity index (χ1n) is 8.18. The Balaban J connectivity index is 1.67. The molecule has 2 heterocycles. The molecule has 4 rings (SSSR count). The molecule has 0 atom stereocenters. The Bertz CT molecular complexity index is 873. The van der Waals surface area contributed by atoms with E-state index in [-0.39, 0.29) is 5.91 Å². The minimum atomic E-state index is 0.0235. The monoisotopic (exact) mass is 351 g/mol. The maximum Gasteiger partial charge on any atom is 0.259 e. The second-order valence-corrected chi connectivity index (χ2v) is 6.96. The first-order valence-corrected chi connectivity index (χ1v) is 9.34. The third-order valence-electron chi connectivity index (χ3n) is 4.14. The Morgan fingerprint density at radius 2 is 1.72 bits per heavy atom. The molecule has 2 aromatic carbocycles. The smallest absolute Gasteiger partial charge is 0.259 e. The van der Waals surface area contributed by atoms with Gasteiger partial charge in [-0.15, -0.1) is 0 Å². The Morgan fingerprint density at radius 3 is 2.52 bits per heavy atom. The number of thioether (sulfide) groups is 1. The van der Waals surface area contributed by atoms with Crippen LogP contribution in [0.4, 0.5) is 0 Å². The lowest BCUT2D eigenvalue weighted by atomic mass is 10.1. The summed E-state index contributed by atoms with van der Waals surface area (Å²) in [7, 11) is 0. The van der Waals surface area contributed by atoms with Gasteiger partial charge in [-0.05, 0) is 12.1 Å². The van der Waals surface area contributed by atoms with E-state index in [0.29, 0.717) is 22.8 Å². The highest BCUT2D eigenvalue weighted by Gasteiger charge is 2.23. The summed E-state index contributed by atoms with van der Waals surface area (Å²) in [6.45, 7) is 1.55. The van der Waals surface area contributed by atoms with Crippen molar-refractivity contribution in [1.82, 2.24) is 15.0 Å². The maximum atomic E-state index is 12.9. The molecule has 0 spiro atoms. The number of amides is 1. The summed E-state index contributed by atoms with van der Waals surface area (Å²) in [6, 6.07) is 17.1. The molecule has 1 aliphatic heterocycles. The third kappa shape index (κ3) is 3.30. The number of benzene rings is 2. The Kier molecular flexibility index (Phi) is 4.52. The van der Waals surface area contributed by atoms with E-state index in [9.17, 15) is 4.79 Å². The van der Waals surface area contributed by atoms with Gasteiger partial charge in [0.15, 0.2) is 0 Å². The van der Waals surface area contributed by atoms with Gasteiger partial charge in [0.05, 0.1) is 11.1 Å². The van der Waals surface area contributed by atoms with Gasteiger partial charge in [-0.1, -0.05) is 47.6 Å². The highest BCUT2D eigenvalue weighted by Crippen LogP contribution is 2.26. The van der Waals surface area contributed by atoms with Gasteiger partial charge in [-0.3, -0.25) is 4.79 Å². The van der Waals surface area contributed by atoms with Crippen LogP contribution in [0.15, 0.2) is 59.1 Å². The summed E-state index contributed by atoms with van der Waals surface area (Å²) in [5.41, 5.74) is 2.17. The Hall–Kier alpha value is -2.60. The average Bonchev–Trinajstić information content (AvgIpc) is 3.19.